The van der Waals surface area contributed by atoms with Crippen LogP contribution in [0.4, 0.5) is 5.69 Å². The summed E-state index contributed by atoms with van der Waals surface area (Å²) in [5.41, 5.74) is 5.37. The third-order valence-corrected chi connectivity index (χ3v) is 11.4. The first kappa shape index (κ1) is 38.5. The van der Waals surface area contributed by atoms with Crippen molar-refractivity contribution in [1.29, 1.82) is 0 Å². The van der Waals surface area contributed by atoms with Gasteiger partial charge in [-0.05, 0) is 96.6 Å². The lowest BCUT2D eigenvalue weighted by molar-refractivity contribution is -0.124. The minimum atomic E-state index is -0.633. The van der Waals surface area contributed by atoms with Crippen molar-refractivity contribution < 1.29 is 39.5 Å². The number of anilines is 1. The molecule has 5 rings (SSSR count). The van der Waals surface area contributed by atoms with Gasteiger partial charge in [-0.25, -0.2) is 0 Å². The first-order valence-electron chi connectivity index (χ1n) is 17.0. The Morgan fingerprint density at radius 2 is 1.82 bits per heavy atom. The molecule has 12 heteroatoms. The van der Waals surface area contributed by atoms with Gasteiger partial charge >= 0.3 is 0 Å². The maximum absolute atomic E-state index is 13.7. The Bertz CT molecular complexity index is 1850. The molecule has 3 atom stereocenters. The van der Waals surface area contributed by atoms with Crippen LogP contribution in [0.25, 0.3) is 21.9 Å². The molecule has 1 heterocycles. The maximum atomic E-state index is 13.7. The van der Waals surface area contributed by atoms with Gasteiger partial charge in [0.15, 0.2) is 11.5 Å². The number of rotatable bonds is 9. The average molecular weight is 735 g/mol. The van der Waals surface area contributed by atoms with Crippen LogP contribution < -0.4 is 15.4 Å². The van der Waals surface area contributed by atoms with Crippen LogP contribution in [0.1, 0.15) is 61.1 Å². The van der Waals surface area contributed by atoms with Gasteiger partial charge in [0.2, 0.25) is 0 Å². The zero-order chi connectivity index (χ0) is 36.5. The summed E-state index contributed by atoms with van der Waals surface area (Å²) < 4.78 is 12.3. The number of ether oxygens (including phenoxy) is 2. The lowest BCUT2D eigenvalue weighted by Crippen LogP contribution is -2.29. The molecule has 10 nitrogen and oxygen atoms in total. The Morgan fingerprint density at radius 3 is 2.57 bits per heavy atom. The van der Waals surface area contributed by atoms with E-state index >= 15 is 0 Å². The molecule has 0 fully saturated rings. The molecule has 1 aliphatic rings. The molecule has 0 saturated carbocycles. The van der Waals surface area contributed by atoms with Crippen LogP contribution >= 0.6 is 21.6 Å². The van der Waals surface area contributed by atoms with E-state index < -0.39 is 18.4 Å². The average Bonchev–Trinajstić information content (AvgIpc) is 3.12. The topological polar surface area (TPSA) is 158 Å². The van der Waals surface area contributed by atoms with Crippen molar-refractivity contribution in [2.45, 2.75) is 69.8 Å². The van der Waals surface area contributed by atoms with Gasteiger partial charge in [0.1, 0.15) is 23.5 Å². The number of ketones is 2. The van der Waals surface area contributed by atoms with E-state index in [9.17, 15) is 30.0 Å². The third kappa shape index (κ3) is 9.76. The number of aliphatic hydroxyl groups excluding tert-OH is 2. The van der Waals surface area contributed by atoms with Crippen LogP contribution in [0.15, 0.2) is 60.7 Å². The molecule has 4 aromatic rings. The van der Waals surface area contributed by atoms with Crippen molar-refractivity contribution in [3.05, 3.63) is 82.9 Å². The smallest absolute Gasteiger partial charge is 0.168 e. The summed E-state index contributed by atoms with van der Waals surface area (Å²) in [6.07, 6.45) is -0.111. The van der Waals surface area contributed by atoms with Crippen LogP contribution in [0.3, 0.4) is 0 Å². The first-order chi connectivity index (χ1) is 24.6. The fraction of sp³-hybridized carbons (Fsp3) is 0.385. The summed E-state index contributed by atoms with van der Waals surface area (Å²) in [6.45, 7) is 1.40. The Hall–Kier alpha value is -3.78. The van der Waals surface area contributed by atoms with Gasteiger partial charge in [0.25, 0.3) is 0 Å². The number of fused-ring (bicyclic) bond motifs is 5. The van der Waals surface area contributed by atoms with Gasteiger partial charge in [-0.15, -0.1) is 0 Å². The molecule has 272 valence electrons. The van der Waals surface area contributed by atoms with E-state index in [2.05, 4.69) is 10.6 Å². The van der Waals surface area contributed by atoms with Crippen LogP contribution in [0, 0.1) is 0 Å². The molecule has 0 radical (unpaired) electrons. The molecule has 6 N–H and O–H groups in total. The Morgan fingerprint density at radius 1 is 1.02 bits per heavy atom. The van der Waals surface area contributed by atoms with Crippen molar-refractivity contribution >= 4 is 49.6 Å². The Labute approximate surface area is 306 Å². The summed E-state index contributed by atoms with van der Waals surface area (Å²) >= 11 is 0. The lowest BCUT2D eigenvalue weighted by atomic mass is 9.89. The zero-order valence-corrected chi connectivity index (χ0v) is 30.7. The third-order valence-electron chi connectivity index (χ3n) is 9.03. The summed E-state index contributed by atoms with van der Waals surface area (Å²) in [6, 6.07) is 18.1. The van der Waals surface area contributed by atoms with Crippen LogP contribution in [-0.2, 0) is 33.1 Å². The van der Waals surface area contributed by atoms with E-state index in [1.807, 2.05) is 36.4 Å². The molecule has 51 heavy (non-hydrogen) atoms. The number of benzene rings is 4. The highest BCUT2D eigenvalue weighted by atomic mass is 33.1. The Balaban J connectivity index is 1.45. The second kappa shape index (κ2) is 18.1. The molecule has 0 saturated heterocycles. The second-order valence-electron chi connectivity index (χ2n) is 12.7. The van der Waals surface area contributed by atoms with Crippen molar-refractivity contribution in [2.24, 2.45) is 0 Å². The quantitative estimate of drug-likeness (QED) is 0.0805. The number of phenols is 2. The molecule has 4 aromatic carbocycles. The van der Waals surface area contributed by atoms with Crippen LogP contribution in [0.2, 0.25) is 0 Å². The minimum Gasteiger partial charge on any atom is -0.508 e. The summed E-state index contributed by atoms with van der Waals surface area (Å²) in [7, 11) is 6.42. The number of aromatic hydroxyl groups is 2. The summed E-state index contributed by atoms with van der Waals surface area (Å²) in [4.78, 5) is 25.2. The highest BCUT2D eigenvalue weighted by Crippen LogP contribution is 2.45. The fourth-order valence-electron chi connectivity index (χ4n) is 6.42. The predicted molar refractivity (Wildman–Crippen MR) is 204 cm³/mol. The molecule has 0 aromatic heterocycles. The normalized spacial score (nSPS) is 18.1. The number of methoxy groups -OCH3 is 1. The molecule has 1 aliphatic heterocycles. The summed E-state index contributed by atoms with van der Waals surface area (Å²) in [5.74, 6) is 1.43. The predicted octanol–water partition coefficient (Wildman–Crippen LogP) is 6.65. The molecule has 0 bridgehead atoms. The number of carbonyl (C=O) groups excluding carboxylic acids is 2. The maximum Gasteiger partial charge on any atom is 0.168 e. The zero-order valence-electron chi connectivity index (χ0n) is 29.1. The number of phenolic OH excluding ortho intramolecular Hbond substituents is 2. The standard InChI is InChI=1S/C39H46N2O8S2/c1-23(43)19-41-35-14-7-26(16-27(35)20-42)39(40-2)49-31-12-11-30(46)21-50-51-22-34-32(13-6-24-4-9-29(45)18-33(24)34)37-25(5-10-28(44)17-31)8-15-36(47)38(37)48-3/h4,6-9,13-16,18,30-31,39-42,45-47H,5,10-12,17,19-22H2,1-3H3. The molecular formula is C39H46N2O8S2. The Kier molecular flexibility index (Phi) is 13.7. The van der Waals surface area contributed by atoms with Gasteiger partial charge in [0.05, 0.1) is 32.5 Å². The largest absolute Gasteiger partial charge is 0.508 e. The first-order valence-corrected chi connectivity index (χ1v) is 19.5. The van der Waals surface area contributed by atoms with Gasteiger partial charge < -0.3 is 35.2 Å². The fourth-order valence-corrected chi connectivity index (χ4v) is 8.72. The van der Waals surface area contributed by atoms with E-state index in [1.165, 1.54) is 14.0 Å². The molecule has 3 unspecified atom stereocenters. The van der Waals surface area contributed by atoms with Crippen molar-refractivity contribution in [1.82, 2.24) is 5.32 Å². The van der Waals surface area contributed by atoms with Gasteiger partial charge in [0, 0.05) is 41.2 Å². The van der Waals surface area contributed by atoms with E-state index in [1.54, 1.807) is 52.9 Å². The number of Topliss-reactive ketones (excluding diaryl/α,β-unsaturated/α-hetero) is 2. The number of nitrogens with one attached hydrogen (secondary N) is 2. The van der Waals surface area contributed by atoms with Gasteiger partial charge in [-0.1, -0.05) is 51.9 Å². The van der Waals surface area contributed by atoms with Crippen LogP contribution in [-0.4, -0.2) is 70.7 Å². The van der Waals surface area contributed by atoms with E-state index in [-0.39, 0.29) is 49.1 Å². The van der Waals surface area contributed by atoms with E-state index in [0.29, 0.717) is 53.3 Å². The van der Waals surface area contributed by atoms with Crippen LogP contribution in [0.5, 0.6) is 17.2 Å². The molecule has 0 amide bonds. The lowest BCUT2D eigenvalue weighted by Gasteiger charge is -2.26. The minimum absolute atomic E-state index is 0.0113. The number of aliphatic hydroxyl groups is 2. The van der Waals surface area contributed by atoms with Gasteiger partial charge in [-0.2, -0.15) is 0 Å². The van der Waals surface area contributed by atoms with E-state index in [0.717, 1.165) is 33.0 Å². The molecule has 0 spiro atoms. The number of hydrogen-bond donors (Lipinski definition) is 6. The molecular weight excluding hydrogens is 689 g/mol. The van der Waals surface area contributed by atoms with E-state index in [4.69, 9.17) is 9.47 Å². The highest BCUT2D eigenvalue weighted by molar-refractivity contribution is 8.76. The monoisotopic (exact) mass is 734 g/mol. The second-order valence-corrected chi connectivity index (χ2v) is 15.2. The number of hydrogen-bond acceptors (Lipinski definition) is 12. The van der Waals surface area contributed by atoms with Gasteiger partial charge in [-0.3, -0.25) is 14.9 Å². The van der Waals surface area contributed by atoms with Crippen molar-refractivity contribution in [3.63, 3.8) is 0 Å². The number of aryl methyl sites for hydroxylation is 1. The van der Waals surface area contributed by atoms with Crippen molar-refractivity contribution in [2.75, 3.05) is 31.8 Å². The SMILES string of the molecule is CNC(OC1CCC(O)CSSCc2c(ccc3ccc(O)cc23)-c2c(ccc(O)c2OC)CCC(=O)C1)c1ccc(NCC(C)=O)c(CO)c1. The highest BCUT2D eigenvalue weighted by Gasteiger charge is 2.25. The van der Waals surface area contributed by atoms with Crippen molar-refractivity contribution in [3.8, 4) is 28.4 Å². The number of carbonyl (C=O) groups is 2. The summed E-state index contributed by atoms with van der Waals surface area (Å²) in [5, 5.41) is 50.4. The molecule has 0 aliphatic carbocycles.